The molecule has 3 heterocycles. The van der Waals surface area contributed by atoms with Crippen LogP contribution < -0.4 is 5.32 Å². The lowest BCUT2D eigenvalue weighted by Gasteiger charge is -2.00. The highest BCUT2D eigenvalue weighted by Gasteiger charge is 2.17. The number of rotatable bonds is 6. The van der Waals surface area contributed by atoms with Gasteiger partial charge in [-0.05, 0) is 24.7 Å². The Hall–Kier alpha value is -2.69. The third-order valence-electron chi connectivity index (χ3n) is 4.33. The number of carbonyl (C=O) groups is 1. The van der Waals surface area contributed by atoms with Gasteiger partial charge in [0.2, 0.25) is 0 Å². The zero-order chi connectivity index (χ0) is 20.4. The molecule has 0 saturated heterocycles. The van der Waals surface area contributed by atoms with Crippen molar-refractivity contribution in [3.8, 4) is 0 Å². The second-order valence-electron chi connectivity index (χ2n) is 6.46. The molecule has 4 rings (SSSR count). The molecule has 148 valence electrons. The molecule has 0 bridgehead atoms. The van der Waals surface area contributed by atoms with Gasteiger partial charge >= 0.3 is 0 Å². The first-order chi connectivity index (χ1) is 14.0. The van der Waals surface area contributed by atoms with Crippen LogP contribution in [0.25, 0.3) is 0 Å². The van der Waals surface area contributed by atoms with Crippen molar-refractivity contribution >= 4 is 45.9 Å². The van der Waals surface area contributed by atoms with Crippen LogP contribution >= 0.6 is 34.9 Å². The molecule has 0 fully saturated rings. The molecule has 0 radical (unpaired) electrons. The minimum Gasteiger partial charge on any atom is -0.307 e. The Kier molecular flexibility index (Phi) is 5.65. The van der Waals surface area contributed by atoms with Crippen molar-refractivity contribution < 1.29 is 4.79 Å². The number of hydrogen-bond acceptors (Lipinski definition) is 7. The molecule has 0 aliphatic heterocycles. The van der Waals surface area contributed by atoms with Gasteiger partial charge in [-0.15, -0.1) is 22.7 Å². The lowest BCUT2D eigenvalue weighted by molar-refractivity contribution is 0.103. The summed E-state index contributed by atoms with van der Waals surface area (Å²) in [6.45, 7) is 1.86. The molecule has 3 aromatic heterocycles. The molecule has 0 spiro atoms. The molecule has 0 saturated carbocycles. The summed E-state index contributed by atoms with van der Waals surface area (Å²) in [5, 5.41) is 13.2. The molecule has 4 aromatic rings. The van der Waals surface area contributed by atoms with Crippen LogP contribution in [0, 0.1) is 11.7 Å². The van der Waals surface area contributed by atoms with E-state index >= 15 is 0 Å². The van der Waals surface area contributed by atoms with E-state index in [4.69, 9.17) is 12.2 Å². The summed E-state index contributed by atoms with van der Waals surface area (Å²) >= 11 is 7.94. The summed E-state index contributed by atoms with van der Waals surface area (Å²) in [4.78, 5) is 22.4. The van der Waals surface area contributed by atoms with Crippen LogP contribution in [0.15, 0.2) is 35.7 Å². The predicted octanol–water partition coefficient (Wildman–Crippen LogP) is 4.13. The van der Waals surface area contributed by atoms with Crippen LogP contribution in [-0.4, -0.2) is 30.6 Å². The van der Waals surface area contributed by atoms with Crippen molar-refractivity contribution in [3.05, 3.63) is 73.1 Å². The summed E-state index contributed by atoms with van der Waals surface area (Å²) in [6.07, 6.45) is 1.25. The molecule has 0 aliphatic carbocycles. The number of nitrogens with zero attached hydrogens (tertiary/aromatic N) is 4. The fourth-order valence-electron chi connectivity index (χ4n) is 2.81. The Balaban J connectivity index is 1.44. The van der Waals surface area contributed by atoms with Gasteiger partial charge in [-0.2, -0.15) is 5.10 Å². The molecule has 0 atom stereocenters. The van der Waals surface area contributed by atoms with Crippen molar-refractivity contribution in [3.63, 3.8) is 0 Å². The van der Waals surface area contributed by atoms with Gasteiger partial charge in [-0.3, -0.25) is 15.2 Å². The molecule has 29 heavy (non-hydrogen) atoms. The van der Waals surface area contributed by atoms with Gasteiger partial charge in [0, 0.05) is 18.8 Å². The fraction of sp³-hybridized carbons (Fsp3) is 0.211. The largest absolute Gasteiger partial charge is 0.307 e. The maximum absolute atomic E-state index is 12.7. The molecule has 0 aliphatic rings. The number of H-pyrrole nitrogens is 1. The lowest BCUT2D eigenvalue weighted by atomic mass is 10.2. The molecule has 1 aromatic carbocycles. The predicted molar refractivity (Wildman–Crippen MR) is 117 cm³/mol. The van der Waals surface area contributed by atoms with E-state index in [1.165, 1.54) is 28.2 Å². The Morgan fingerprint density at radius 3 is 2.76 bits per heavy atom. The van der Waals surface area contributed by atoms with E-state index in [0.717, 1.165) is 22.2 Å². The topological polar surface area (TPSA) is 88.5 Å². The molecule has 0 unspecified atom stereocenters. The van der Waals surface area contributed by atoms with Crippen molar-refractivity contribution in [1.82, 2.24) is 24.7 Å². The first-order valence-corrected chi connectivity index (χ1v) is 11.0. The quantitative estimate of drug-likeness (QED) is 0.438. The SMILES string of the molecule is Cc1nc(Cc2ccccc2)sc1C(=O)Nc1nc(Cc2n[nH]c(=S)n2C)cs1. The number of aryl methyl sites for hydroxylation is 1. The Bertz CT molecular complexity index is 1200. The second-order valence-corrected chi connectivity index (χ2v) is 8.79. The van der Waals surface area contributed by atoms with Crippen LogP contribution in [-0.2, 0) is 19.9 Å². The van der Waals surface area contributed by atoms with Gasteiger partial charge in [0.05, 0.1) is 22.8 Å². The van der Waals surface area contributed by atoms with Crippen LogP contribution in [0.4, 0.5) is 5.13 Å². The highest BCUT2D eigenvalue weighted by atomic mass is 32.1. The van der Waals surface area contributed by atoms with Gasteiger partial charge in [0.25, 0.3) is 5.91 Å². The Labute approximate surface area is 180 Å². The number of aromatic nitrogens is 5. The summed E-state index contributed by atoms with van der Waals surface area (Å²) < 4.78 is 2.37. The van der Waals surface area contributed by atoms with Gasteiger partial charge in [-0.1, -0.05) is 30.3 Å². The number of thiazole rings is 2. The van der Waals surface area contributed by atoms with Crippen molar-refractivity contribution in [2.75, 3.05) is 5.32 Å². The zero-order valence-electron chi connectivity index (χ0n) is 15.8. The van der Waals surface area contributed by atoms with E-state index in [0.29, 0.717) is 27.6 Å². The number of carbonyl (C=O) groups excluding carboxylic acids is 1. The number of benzene rings is 1. The third kappa shape index (κ3) is 4.50. The van der Waals surface area contributed by atoms with Crippen LogP contribution in [0.5, 0.6) is 0 Å². The molecule has 7 nitrogen and oxygen atoms in total. The number of aromatic amines is 1. The summed E-state index contributed by atoms with van der Waals surface area (Å²) in [5.74, 6) is 0.611. The fourth-order valence-corrected chi connectivity index (χ4v) is 4.66. The van der Waals surface area contributed by atoms with Crippen LogP contribution in [0.3, 0.4) is 0 Å². The van der Waals surface area contributed by atoms with Crippen molar-refractivity contribution in [2.45, 2.75) is 19.8 Å². The van der Waals surface area contributed by atoms with E-state index in [1.807, 2.05) is 42.1 Å². The van der Waals surface area contributed by atoms with E-state index < -0.39 is 0 Å². The molecule has 1 amide bonds. The summed E-state index contributed by atoms with van der Waals surface area (Å²) in [7, 11) is 1.86. The normalized spacial score (nSPS) is 11.0. The summed E-state index contributed by atoms with van der Waals surface area (Å²) in [6, 6.07) is 10.1. The minimum atomic E-state index is -0.182. The molecule has 2 N–H and O–H groups in total. The van der Waals surface area contributed by atoms with Gasteiger partial charge < -0.3 is 4.57 Å². The van der Waals surface area contributed by atoms with Gasteiger partial charge in [0.15, 0.2) is 9.90 Å². The maximum atomic E-state index is 12.7. The van der Waals surface area contributed by atoms with Crippen LogP contribution in [0.2, 0.25) is 0 Å². The minimum absolute atomic E-state index is 0.182. The first-order valence-electron chi connectivity index (χ1n) is 8.86. The van der Waals surface area contributed by atoms with Gasteiger partial charge in [0.1, 0.15) is 10.7 Å². The standard InChI is InChI=1S/C19H18N6OS3/c1-11-16(29-15(20-11)8-12-6-4-3-5-7-12)17(26)22-18-21-13(10-28-18)9-14-23-24-19(27)25(14)2/h3-7,10H,8-9H2,1-2H3,(H,24,27)(H,21,22,26). The Morgan fingerprint density at radius 1 is 1.24 bits per heavy atom. The number of hydrogen-bond donors (Lipinski definition) is 2. The highest BCUT2D eigenvalue weighted by molar-refractivity contribution is 7.71. The third-order valence-corrected chi connectivity index (χ3v) is 6.66. The number of nitrogens with one attached hydrogen (secondary N) is 2. The van der Waals surface area contributed by atoms with E-state index in [2.05, 4.69) is 37.6 Å². The Morgan fingerprint density at radius 2 is 2.03 bits per heavy atom. The zero-order valence-corrected chi connectivity index (χ0v) is 18.2. The van der Waals surface area contributed by atoms with Crippen LogP contribution in [0.1, 0.15) is 37.5 Å². The van der Waals surface area contributed by atoms with Gasteiger partial charge in [-0.25, -0.2) is 9.97 Å². The molecular weight excluding hydrogens is 424 g/mol. The van der Waals surface area contributed by atoms with E-state index in [9.17, 15) is 4.79 Å². The monoisotopic (exact) mass is 442 g/mol. The summed E-state index contributed by atoms with van der Waals surface area (Å²) in [5.41, 5.74) is 2.73. The van der Waals surface area contributed by atoms with E-state index in [1.54, 1.807) is 0 Å². The lowest BCUT2D eigenvalue weighted by Crippen LogP contribution is -2.11. The maximum Gasteiger partial charge on any atom is 0.269 e. The molecule has 10 heteroatoms. The smallest absolute Gasteiger partial charge is 0.269 e. The number of anilines is 1. The second kappa shape index (κ2) is 8.36. The average molecular weight is 443 g/mol. The van der Waals surface area contributed by atoms with Crippen molar-refractivity contribution in [2.24, 2.45) is 7.05 Å². The highest BCUT2D eigenvalue weighted by Crippen LogP contribution is 2.24. The molecular formula is C19H18N6OS3. The average Bonchev–Trinajstić information content (AvgIpc) is 3.38. The number of amides is 1. The van der Waals surface area contributed by atoms with Crippen molar-refractivity contribution in [1.29, 1.82) is 0 Å². The first kappa shape index (κ1) is 19.6. The van der Waals surface area contributed by atoms with E-state index in [-0.39, 0.29) is 5.91 Å².